The van der Waals surface area contributed by atoms with Crippen LogP contribution in [-0.2, 0) is 11.3 Å². The molecule has 1 aliphatic carbocycles. The molecule has 0 bridgehead atoms. The molecule has 1 aromatic heterocycles. The van der Waals surface area contributed by atoms with Crippen LogP contribution in [0.4, 0.5) is 0 Å². The van der Waals surface area contributed by atoms with E-state index in [0.29, 0.717) is 10.6 Å². The van der Waals surface area contributed by atoms with Gasteiger partial charge in [0.2, 0.25) is 0 Å². The van der Waals surface area contributed by atoms with Crippen LogP contribution in [0, 0.1) is 11.3 Å². The Hall–Kier alpha value is -1.81. The maximum absolute atomic E-state index is 12.1. The van der Waals surface area contributed by atoms with Crippen molar-refractivity contribution in [3.8, 4) is 6.07 Å². The largest absolute Gasteiger partial charge is 0.365 e. The number of benzene rings is 1. The number of carbonyl (C=O) groups is 1. The van der Waals surface area contributed by atoms with E-state index in [1.807, 2.05) is 6.26 Å². The third-order valence-electron chi connectivity index (χ3n) is 3.71. The molecule has 0 saturated heterocycles. The highest BCUT2D eigenvalue weighted by Gasteiger charge is 2.26. The van der Waals surface area contributed by atoms with Crippen LogP contribution in [0.1, 0.15) is 39.2 Å². The van der Waals surface area contributed by atoms with Gasteiger partial charge < -0.3 is 4.84 Å². The predicted molar refractivity (Wildman–Crippen MR) is 97.2 cm³/mol. The second-order valence-corrected chi connectivity index (χ2v) is 7.70. The molecule has 7 heteroatoms. The number of nitriles is 1. The third kappa shape index (κ3) is 3.34. The first-order chi connectivity index (χ1) is 11.6. The zero-order valence-corrected chi connectivity index (χ0v) is 15.2. The smallest absolute Gasteiger partial charge is 0.313 e. The predicted octanol–water partition coefficient (Wildman–Crippen LogP) is 4.89. The molecular weight excluding hydrogens is 364 g/mol. The van der Waals surface area contributed by atoms with Crippen LogP contribution >= 0.6 is 34.7 Å². The molecule has 0 aliphatic heterocycles. The van der Waals surface area contributed by atoms with Crippen molar-refractivity contribution in [1.29, 1.82) is 5.26 Å². The Kier molecular flexibility index (Phi) is 5.24. The van der Waals surface area contributed by atoms with Gasteiger partial charge in [-0.3, -0.25) is 0 Å². The molecule has 122 valence electrons. The molecule has 0 amide bonds. The summed E-state index contributed by atoms with van der Waals surface area (Å²) < 4.78 is 1.04. The summed E-state index contributed by atoms with van der Waals surface area (Å²) >= 11 is 8.88. The van der Waals surface area contributed by atoms with Crippen molar-refractivity contribution < 1.29 is 9.63 Å². The third-order valence-corrected chi connectivity index (χ3v) is 6.22. The van der Waals surface area contributed by atoms with Crippen LogP contribution in [0.2, 0.25) is 5.02 Å². The number of hydrogen-bond acceptors (Lipinski definition) is 6. The van der Waals surface area contributed by atoms with E-state index >= 15 is 0 Å². The van der Waals surface area contributed by atoms with E-state index in [1.165, 1.54) is 11.3 Å². The number of nitrogens with zero attached hydrogens (tertiary/aromatic N) is 2. The monoisotopic (exact) mass is 376 g/mol. The second-order valence-electron chi connectivity index (χ2n) is 5.17. The first-order valence-corrected chi connectivity index (χ1v) is 9.70. The number of hydrogen-bond donors (Lipinski definition) is 0. The highest BCUT2D eigenvalue weighted by atomic mass is 35.5. The minimum absolute atomic E-state index is 0.396. The molecule has 0 spiro atoms. The first kappa shape index (κ1) is 17.0. The van der Waals surface area contributed by atoms with Gasteiger partial charge in [0, 0.05) is 10.6 Å². The standard InChI is InChI=1S/C17H13ClN2O2S2/c1-23-17-15-12(14(9-19)24-17)3-2-4-13(15)20-22-16(21)10-5-7-11(18)8-6-10/h5-8H,2-4H2,1H3. The molecule has 0 atom stereocenters. The van der Waals surface area contributed by atoms with Crippen molar-refractivity contribution in [3.63, 3.8) is 0 Å². The lowest BCUT2D eigenvalue weighted by Gasteiger charge is -2.15. The van der Waals surface area contributed by atoms with E-state index in [9.17, 15) is 10.1 Å². The molecule has 1 aliphatic rings. The second kappa shape index (κ2) is 7.39. The van der Waals surface area contributed by atoms with Gasteiger partial charge in [-0.05, 0) is 55.3 Å². The van der Waals surface area contributed by atoms with E-state index in [1.54, 1.807) is 36.0 Å². The molecule has 1 aromatic carbocycles. The van der Waals surface area contributed by atoms with Crippen molar-refractivity contribution in [3.05, 3.63) is 50.9 Å². The average Bonchev–Trinajstić information content (AvgIpc) is 2.99. The van der Waals surface area contributed by atoms with Gasteiger partial charge in [0.25, 0.3) is 0 Å². The van der Waals surface area contributed by atoms with Gasteiger partial charge in [0.1, 0.15) is 10.9 Å². The number of carbonyl (C=O) groups excluding carboxylic acids is 1. The van der Waals surface area contributed by atoms with Crippen molar-refractivity contribution in [2.24, 2.45) is 5.16 Å². The Morgan fingerprint density at radius 3 is 2.79 bits per heavy atom. The Morgan fingerprint density at radius 1 is 1.38 bits per heavy atom. The number of fused-ring (bicyclic) bond motifs is 1. The van der Waals surface area contributed by atoms with E-state index < -0.39 is 5.97 Å². The Bertz CT molecular complexity index is 851. The lowest BCUT2D eigenvalue weighted by molar-refractivity contribution is 0.0515. The minimum Gasteiger partial charge on any atom is -0.313 e. The minimum atomic E-state index is -0.521. The molecule has 0 fully saturated rings. The molecule has 2 aromatic rings. The zero-order chi connectivity index (χ0) is 17.1. The van der Waals surface area contributed by atoms with Gasteiger partial charge in [-0.25, -0.2) is 4.79 Å². The Labute approximate surface area is 153 Å². The summed E-state index contributed by atoms with van der Waals surface area (Å²) in [5.41, 5.74) is 3.13. The maximum Gasteiger partial charge on any atom is 0.365 e. The van der Waals surface area contributed by atoms with Gasteiger partial charge >= 0.3 is 5.97 Å². The fraction of sp³-hybridized carbons (Fsp3) is 0.235. The van der Waals surface area contributed by atoms with Crippen molar-refractivity contribution in [2.75, 3.05) is 6.26 Å². The van der Waals surface area contributed by atoms with E-state index in [4.69, 9.17) is 16.4 Å². The van der Waals surface area contributed by atoms with Crippen LogP contribution in [0.25, 0.3) is 0 Å². The molecule has 0 N–H and O–H groups in total. The highest BCUT2D eigenvalue weighted by Crippen LogP contribution is 2.39. The van der Waals surface area contributed by atoms with Gasteiger partial charge in [-0.1, -0.05) is 16.8 Å². The van der Waals surface area contributed by atoms with Crippen LogP contribution in [-0.4, -0.2) is 17.9 Å². The van der Waals surface area contributed by atoms with Gasteiger partial charge in [-0.15, -0.1) is 23.1 Å². The highest BCUT2D eigenvalue weighted by molar-refractivity contribution is 8.00. The Balaban J connectivity index is 1.88. The first-order valence-electron chi connectivity index (χ1n) is 7.28. The van der Waals surface area contributed by atoms with Gasteiger partial charge in [-0.2, -0.15) is 5.26 Å². The average molecular weight is 377 g/mol. The molecule has 4 nitrogen and oxygen atoms in total. The maximum atomic E-state index is 12.1. The van der Waals surface area contributed by atoms with Crippen molar-refractivity contribution in [2.45, 2.75) is 23.5 Å². The molecule has 0 unspecified atom stereocenters. The van der Waals surface area contributed by atoms with Crippen LogP contribution < -0.4 is 0 Å². The fourth-order valence-electron chi connectivity index (χ4n) is 2.59. The fourth-order valence-corrected chi connectivity index (χ4v) is 4.65. The van der Waals surface area contributed by atoms with Gasteiger partial charge in [0.15, 0.2) is 0 Å². The SMILES string of the molecule is CSc1sc(C#N)c2c1C(=NOC(=O)c1ccc(Cl)cc1)CCC2. The van der Waals surface area contributed by atoms with E-state index in [2.05, 4.69) is 11.2 Å². The Morgan fingerprint density at radius 2 is 2.12 bits per heavy atom. The zero-order valence-electron chi connectivity index (χ0n) is 12.8. The summed E-state index contributed by atoms with van der Waals surface area (Å²) in [5.74, 6) is -0.521. The summed E-state index contributed by atoms with van der Waals surface area (Å²) in [5, 5.41) is 13.9. The summed E-state index contributed by atoms with van der Waals surface area (Å²) in [7, 11) is 0. The van der Waals surface area contributed by atoms with Crippen LogP contribution in [0.15, 0.2) is 33.6 Å². The van der Waals surface area contributed by atoms with Crippen LogP contribution in [0.5, 0.6) is 0 Å². The number of rotatable bonds is 3. The topological polar surface area (TPSA) is 62.4 Å². The van der Waals surface area contributed by atoms with Crippen molar-refractivity contribution in [1.82, 2.24) is 0 Å². The normalized spacial score (nSPS) is 15.0. The summed E-state index contributed by atoms with van der Waals surface area (Å²) in [6.07, 6.45) is 4.46. The molecular formula is C17H13ClN2O2S2. The summed E-state index contributed by atoms with van der Waals surface area (Å²) in [6.45, 7) is 0. The van der Waals surface area contributed by atoms with E-state index in [-0.39, 0.29) is 0 Å². The number of halogens is 1. The molecule has 1 heterocycles. The number of oxime groups is 1. The van der Waals surface area contributed by atoms with Crippen molar-refractivity contribution >= 4 is 46.4 Å². The molecule has 24 heavy (non-hydrogen) atoms. The number of thioether (sulfide) groups is 1. The molecule has 3 rings (SSSR count). The summed E-state index contributed by atoms with van der Waals surface area (Å²) in [4.78, 5) is 18.0. The van der Waals surface area contributed by atoms with E-state index in [0.717, 1.165) is 45.2 Å². The lowest BCUT2D eigenvalue weighted by Crippen LogP contribution is -2.13. The molecule has 0 saturated carbocycles. The van der Waals surface area contributed by atoms with Crippen LogP contribution in [0.3, 0.4) is 0 Å². The quantitative estimate of drug-likeness (QED) is 0.434. The molecule has 0 radical (unpaired) electrons. The lowest BCUT2D eigenvalue weighted by atomic mass is 9.92. The number of thiophene rings is 1. The van der Waals surface area contributed by atoms with Gasteiger partial charge in [0.05, 0.1) is 15.5 Å². The summed E-state index contributed by atoms with van der Waals surface area (Å²) in [6, 6.07) is 8.72.